The summed E-state index contributed by atoms with van der Waals surface area (Å²) in [5, 5.41) is 3.74. The summed E-state index contributed by atoms with van der Waals surface area (Å²) in [6.45, 7) is 11.0. The Morgan fingerprint density at radius 2 is 1.82 bits per heavy atom. The van der Waals surface area contributed by atoms with Gasteiger partial charge in [-0.1, -0.05) is 33.6 Å². The van der Waals surface area contributed by atoms with Crippen LogP contribution in [0.15, 0.2) is 0 Å². The molecule has 1 atom stereocenters. The molecule has 0 aromatic heterocycles. The monoisotopic (exact) mass is 241 g/mol. The SMILES string of the molecule is CCCNC(CC(C)C)C1(OCC)CCCC1. The molecule has 1 rings (SSSR count). The van der Waals surface area contributed by atoms with Crippen molar-refractivity contribution in [3.8, 4) is 0 Å². The van der Waals surface area contributed by atoms with Crippen LogP contribution in [0.25, 0.3) is 0 Å². The Morgan fingerprint density at radius 3 is 2.29 bits per heavy atom. The van der Waals surface area contributed by atoms with Gasteiger partial charge >= 0.3 is 0 Å². The van der Waals surface area contributed by atoms with Crippen molar-refractivity contribution in [3.63, 3.8) is 0 Å². The first-order valence-electron chi connectivity index (χ1n) is 7.52. The van der Waals surface area contributed by atoms with Crippen LogP contribution in [-0.2, 0) is 4.74 Å². The molecule has 0 aromatic rings. The van der Waals surface area contributed by atoms with Gasteiger partial charge in [0, 0.05) is 12.6 Å². The van der Waals surface area contributed by atoms with E-state index in [4.69, 9.17) is 4.74 Å². The molecule has 1 aliphatic carbocycles. The average Bonchev–Trinajstić information content (AvgIpc) is 2.74. The number of ether oxygens (including phenoxy) is 1. The van der Waals surface area contributed by atoms with E-state index in [1.54, 1.807) is 0 Å². The topological polar surface area (TPSA) is 21.3 Å². The summed E-state index contributed by atoms with van der Waals surface area (Å²) in [6.07, 6.45) is 7.60. The van der Waals surface area contributed by atoms with Crippen molar-refractivity contribution < 1.29 is 4.74 Å². The minimum atomic E-state index is 0.133. The van der Waals surface area contributed by atoms with Crippen molar-refractivity contribution in [1.82, 2.24) is 5.32 Å². The largest absolute Gasteiger partial charge is 0.374 e. The van der Waals surface area contributed by atoms with Crippen LogP contribution in [0.5, 0.6) is 0 Å². The first-order valence-corrected chi connectivity index (χ1v) is 7.52. The third-order valence-electron chi connectivity index (χ3n) is 3.86. The van der Waals surface area contributed by atoms with Gasteiger partial charge < -0.3 is 10.1 Å². The van der Waals surface area contributed by atoms with Gasteiger partial charge in [-0.05, 0) is 45.1 Å². The van der Waals surface area contributed by atoms with Gasteiger partial charge in [-0.15, -0.1) is 0 Å². The van der Waals surface area contributed by atoms with Gasteiger partial charge in [-0.3, -0.25) is 0 Å². The van der Waals surface area contributed by atoms with Crippen molar-refractivity contribution in [3.05, 3.63) is 0 Å². The third-order valence-corrected chi connectivity index (χ3v) is 3.86. The lowest BCUT2D eigenvalue weighted by Crippen LogP contribution is -2.51. The molecule has 2 nitrogen and oxygen atoms in total. The van der Waals surface area contributed by atoms with Crippen LogP contribution in [0.1, 0.15) is 66.2 Å². The second kappa shape index (κ2) is 7.38. The standard InChI is InChI=1S/C15H31NO/c1-5-11-16-14(12-13(3)4)15(17-6-2)9-7-8-10-15/h13-14,16H,5-12H2,1-4H3. The molecule has 0 aliphatic heterocycles. The first kappa shape index (κ1) is 15.0. The molecular formula is C15H31NO. The Morgan fingerprint density at radius 1 is 1.18 bits per heavy atom. The Bertz CT molecular complexity index is 197. The number of rotatable bonds is 8. The first-order chi connectivity index (χ1) is 8.14. The highest BCUT2D eigenvalue weighted by molar-refractivity contribution is 4.97. The lowest BCUT2D eigenvalue weighted by molar-refractivity contribution is -0.0655. The maximum atomic E-state index is 6.19. The van der Waals surface area contributed by atoms with E-state index in [0.717, 1.165) is 19.1 Å². The van der Waals surface area contributed by atoms with Gasteiger partial charge in [0.05, 0.1) is 5.60 Å². The lowest BCUT2D eigenvalue weighted by Gasteiger charge is -2.39. The molecule has 0 heterocycles. The van der Waals surface area contributed by atoms with Gasteiger partial charge in [0.25, 0.3) is 0 Å². The molecule has 0 bridgehead atoms. The van der Waals surface area contributed by atoms with E-state index >= 15 is 0 Å². The Labute approximate surface area is 108 Å². The van der Waals surface area contributed by atoms with Crippen LogP contribution in [0, 0.1) is 5.92 Å². The second-order valence-corrected chi connectivity index (χ2v) is 5.84. The normalized spacial score (nSPS) is 21.0. The van der Waals surface area contributed by atoms with Crippen LogP contribution >= 0.6 is 0 Å². The van der Waals surface area contributed by atoms with E-state index in [9.17, 15) is 0 Å². The van der Waals surface area contributed by atoms with Crippen LogP contribution in [0.4, 0.5) is 0 Å². The molecule has 0 amide bonds. The van der Waals surface area contributed by atoms with Gasteiger partial charge in [0.15, 0.2) is 0 Å². The third kappa shape index (κ3) is 4.26. The summed E-state index contributed by atoms with van der Waals surface area (Å²) in [5.41, 5.74) is 0.133. The highest BCUT2D eigenvalue weighted by Crippen LogP contribution is 2.38. The molecule has 0 aromatic carbocycles. The zero-order valence-electron chi connectivity index (χ0n) is 12.2. The van der Waals surface area contributed by atoms with E-state index in [0.29, 0.717) is 6.04 Å². The maximum absolute atomic E-state index is 6.19. The minimum absolute atomic E-state index is 0.133. The average molecular weight is 241 g/mol. The summed E-state index contributed by atoms with van der Waals surface area (Å²) in [5.74, 6) is 0.738. The van der Waals surface area contributed by atoms with Crippen LogP contribution < -0.4 is 5.32 Å². The van der Waals surface area contributed by atoms with E-state index in [1.807, 2.05) is 0 Å². The predicted molar refractivity (Wildman–Crippen MR) is 74.4 cm³/mol. The molecule has 1 aliphatic rings. The van der Waals surface area contributed by atoms with Gasteiger partial charge in [0.1, 0.15) is 0 Å². The highest BCUT2D eigenvalue weighted by Gasteiger charge is 2.41. The van der Waals surface area contributed by atoms with Crippen molar-refractivity contribution in [2.75, 3.05) is 13.2 Å². The summed E-state index contributed by atoms with van der Waals surface area (Å²) >= 11 is 0. The van der Waals surface area contributed by atoms with E-state index < -0.39 is 0 Å². The number of hydrogen-bond acceptors (Lipinski definition) is 2. The maximum Gasteiger partial charge on any atom is 0.0834 e. The molecule has 1 N–H and O–H groups in total. The quantitative estimate of drug-likeness (QED) is 0.699. The van der Waals surface area contributed by atoms with Gasteiger partial charge in [-0.2, -0.15) is 0 Å². The summed E-state index contributed by atoms with van der Waals surface area (Å²) in [6, 6.07) is 0.546. The van der Waals surface area contributed by atoms with Crippen molar-refractivity contribution >= 4 is 0 Å². The van der Waals surface area contributed by atoms with Crippen molar-refractivity contribution in [2.24, 2.45) is 5.92 Å². The molecule has 0 radical (unpaired) electrons. The Hall–Kier alpha value is -0.0800. The van der Waals surface area contributed by atoms with Crippen LogP contribution in [-0.4, -0.2) is 24.8 Å². The molecule has 1 fully saturated rings. The molecular weight excluding hydrogens is 210 g/mol. The van der Waals surface area contributed by atoms with Gasteiger partial charge in [-0.25, -0.2) is 0 Å². The summed E-state index contributed by atoms with van der Waals surface area (Å²) in [4.78, 5) is 0. The van der Waals surface area contributed by atoms with Crippen molar-refractivity contribution in [2.45, 2.75) is 77.9 Å². The van der Waals surface area contributed by atoms with E-state index in [2.05, 4.69) is 33.0 Å². The molecule has 102 valence electrons. The number of nitrogens with one attached hydrogen (secondary N) is 1. The number of hydrogen-bond donors (Lipinski definition) is 1. The Kier molecular flexibility index (Phi) is 6.50. The van der Waals surface area contributed by atoms with Crippen molar-refractivity contribution in [1.29, 1.82) is 0 Å². The Balaban J connectivity index is 2.68. The predicted octanol–water partition coefficient (Wildman–Crippen LogP) is 3.75. The highest BCUT2D eigenvalue weighted by atomic mass is 16.5. The van der Waals surface area contributed by atoms with E-state index in [1.165, 1.54) is 38.5 Å². The minimum Gasteiger partial charge on any atom is -0.374 e. The van der Waals surface area contributed by atoms with E-state index in [-0.39, 0.29) is 5.60 Å². The molecule has 0 saturated heterocycles. The fraction of sp³-hybridized carbons (Fsp3) is 1.00. The lowest BCUT2D eigenvalue weighted by atomic mass is 9.86. The zero-order valence-corrected chi connectivity index (χ0v) is 12.2. The smallest absolute Gasteiger partial charge is 0.0834 e. The fourth-order valence-electron chi connectivity index (χ4n) is 3.13. The van der Waals surface area contributed by atoms with Gasteiger partial charge in [0.2, 0.25) is 0 Å². The van der Waals surface area contributed by atoms with Crippen LogP contribution in [0.2, 0.25) is 0 Å². The molecule has 1 unspecified atom stereocenters. The zero-order chi connectivity index (χ0) is 12.7. The summed E-state index contributed by atoms with van der Waals surface area (Å²) < 4.78 is 6.19. The molecule has 17 heavy (non-hydrogen) atoms. The fourth-order valence-corrected chi connectivity index (χ4v) is 3.13. The molecule has 2 heteroatoms. The molecule has 0 spiro atoms. The molecule has 1 saturated carbocycles. The second-order valence-electron chi connectivity index (χ2n) is 5.84. The van der Waals surface area contributed by atoms with Crippen LogP contribution in [0.3, 0.4) is 0 Å². The summed E-state index contributed by atoms with van der Waals surface area (Å²) in [7, 11) is 0.